The summed E-state index contributed by atoms with van der Waals surface area (Å²) in [6, 6.07) is 8.85. The van der Waals surface area contributed by atoms with E-state index in [2.05, 4.69) is 24.6 Å². The van der Waals surface area contributed by atoms with Crippen molar-refractivity contribution in [1.82, 2.24) is 14.5 Å². The van der Waals surface area contributed by atoms with Crippen molar-refractivity contribution in [1.29, 1.82) is 0 Å². The van der Waals surface area contributed by atoms with E-state index in [0.29, 0.717) is 24.3 Å². The summed E-state index contributed by atoms with van der Waals surface area (Å²) < 4.78 is 31.0. The van der Waals surface area contributed by atoms with Gasteiger partial charge in [0.1, 0.15) is 36.5 Å². The number of aromatic nitrogens is 2. The van der Waals surface area contributed by atoms with Gasteiger partial charge in [0, 0.05) is 44.8 Å². The van der Waals surface area contributed by atoms with Gasteiger partial charge in [0.25, 0.3) is 5.56 Å². The van der Waals surface area contributed by atoms with Gasteiger partial charge in [-0.15, -0.1) is 0 Å². The number of hydrogen-bond donors (Lipinski definition) is 1. The number of aryl methyl sites for hydroxylation is 1. The van der Waals surface area contributed by atoms with Gasteiger partial charge >= 0.3 is 12.1 Å². The number of carbonyl (C=O) groups excluding carboxylic acids is 1. The minimum absolute atomic E-state index is 0.0120. The summed E-state index contributed by atoms with van der Waals surface area (Å²) in [6.07, 6.45) is 4.34. The summed E-state index contributed by atoms with van der Waals surface area (Å²) >= 11 is 0. The van der Waals surface area contributed by atoms with Crippen LogP contribution in [0.3, 0.4) is 0 Å². The van der Waals surface area contributed by atoms with E-state index in [1.807, 2.05) is 6.92 Å². The molecule has 1 aromatic carbocycles. The van der Waals surface area contributed by atoms with Crippen molar-refractivity contribution >= 4 is 31.0 Å². The third-order valence-electron chi connectivity index (χ3n) is 8.60. The summed E-state index contributed by atoms with van der Waals surface area (Å²) in [6.45, 7) is 9.46. The molecule has 0 bridgehead atoms. The average Bonchev–Trinajstić information content (AvgIpc) is 3.68. The minimum atomic E-state index is -1.28. The predicted molar refractivity (Wildman–Crippen MR) is 179 cm³/mol. The van der Waals surface area contributed by atoms with E-state index in [9.17, 15) is 19.5 Å². The van der Waals surface area contributed by atoms with Crippen molar-refractivity contribution in [2.45, 2.75) is 89.7 Å². The summed E-state index contributed by atoms with van der Waals surface area (Å²) in [5.41, 5.74) is 1.45. The van der Waals surface area contributed by atoms with Crippen molar-refractivity contribution in [3.63, 3.8) is 0 Å². The summed E-state index contributed by atoms with van der Waals surface area (Å²) in [5, 5.41) is 10.8. The first-order valence-electron chi connectivity index (χ1n) is 16.2. The molecule has 254 valence electrons. The normalized spacial score (nSPS) is 18.4. The molecule has 0 radical (unpaired) electrons. The molecule has 1 amide bonds. The molecular formula is C34H45N3O9Si. The number of carboxylic acid groups (broad SMARTS) is 1. The summed E-state index contributed by atoms with van der Waals surface area (Å²) in [5.74, 6) is 0.374. The highest BCUT2D eigenvalue weighted by Crippen LogP contribution is 2.35. The number of esters is 1. The molecule has 13 heteroatoms. The van der Waals surface area contributed by atoms with Crippen LogP contribution >= 0.6 is 0 Å². The maximum atomic E-state index is 12.9. The SMILES string of the molecule is COC(=O)c1c(OC[C@H]2C[C@H](Oc3cc4c(ccc(=O)n4COCC[Si](C)(C)C)cn3)CN2C(=O)O)cc(C)cc1OC1CCCC1. The van der Waals surface area contributed by atoms with E-state index >= 15 is 0 Å². The highest BCUT2D eigenvalue weighted by atomic mass is 28.3. The molecule has 1 aliphatic carbocycles. The molecule has 1 N–H and O–H groups in total. The molecule has 2 aromatic heterocycles. The van der Waals surface area contributed by atoms with Crippen LogP contribution in [0.2, 0.25) is 25.7 Å². The van der Waals surface area contributed by atoms with Crippen LogP contribution in [-0.4, -0.2) is 84.8 Å². The Morgan fingerprint density at radius 1 is 1.04 bits per heavy atom. The Hall–Kier alpha value is -4.10. The van der Waals surface area contributed by atoms with Gasteiger partial charge in [0.15, 0.2) is 0 Å². The van der Waals surface area contributed by atoms with Gasteiger partial charge in [-0.3, -0.25) is 14.3 Å². The molecule has 2 fully saturated rings. The van der Waals surface area contributed by atoms with Crippen molar-refractivity contribution in [2.75, 3.05) is 26.9 Å². The van der Waals surface area contributed by atoms with Crippen molar-refractivity contribution in [3.05, 3.63) is 58.0 Å². The second kappa shape index (κ2) is 14.8. The minimum Gasteiger partial charge on any atom is -0.490 e. The number of carbonyl (C=O) groups is 2. The second-order valence-electron chi connectivity index (χ2n) is 13.6. The van der Waals surface area contributed by atoms with Gasteiger partial charge in [0.2, 0.25) is 5.88 Å². The third kappa shape index (κ3) is 8.63. The third-order valence-corrected chi connectivity index (χ3v) is 10.3. The van der Waals surface area contributed by atoms with Gasteiger partial charge in [-0.05, 0) is 62.4 Å². The van der Waals surface area contributed by atoms with E-state index in [4.69, 9.17) is 23.7 Å². The highest BCUT2D eigenvalue weighted by molar-refractivity contribution is 6.76. The van der Waals surface area contributed by atoms with Crippen LogP contribution in [0.15, 0.2) is 41.3 Å². The zero-order valence-electron chi connectivity index (χ0n) is 27.8. The molecular weight excluding hydrogens is 622 g/mol. The molecule has 5 rings (SSSR count). The van der Waals surface area contributed by atoms with Gasteiger partial charge in [0.05, 0.1) is 31.3 Å². The Balaban J connectivity index is 1.30. The zero-order chi connectivity index (χ0) is 33.7. The predicted octanol–water partition coefficient (Wildman–Crippen LogP) is 5.70. The first-order valence-corrected chi connectivity index (χ1v) is 19.9. The lowest BCUT2D eigenvalue weighted by Gasteiger charge is -2.23. The van der Waals surface area contributed by atoms with Gasteiger partial charge in [-0.2, -0.15) is 0 Å². The number of nitrogens with zero attached hydrogens (tertiary/aromatic N) is 3. The lowest BCUT2D eigenvalue weighted by molar-refractivity contribution is 0.0585. The van der Waals surface area contributed by atoms with E-state index in [1.165, 1.54) is 18.1 Å². The first kappa shape index (κ1) is 34.2. The standard InChI is InChI=1S/C34H45N3O9Si/c1-22-14-28(32(33(39)42-2)29(15-22)45-25-8-6-7-9-25)44-20-24-16-26(19-36(24)34(40)41)46-30-17-27-23(18-35-30)10-11-31(38)37(27)21-43-12-13-47(3,4)5/h10-11,14-15,17-18,24-26H,6-9,12-13,16,19-21H2,1-5H3,(H,40,41)/t24-,26+/m1/s1. The van der Waals surface area contributed by atoms with E-state index in [0.717, 1.165) is 42.7 Å². The Kier molecular flexibility index (Phi) is 10.8. The van der Waals surface area contributed by atoms with E-state index < -0.39 is 32.3 Å². The molecule has 2 atom stereocenters. The molecule has 12 nitrogen and oxygen atoms in total. The molecule has 2 aliphatic rings. The number of likely N-dealkylation sites (tertiary alicyclic amines) is 1. The fraction of sp³-hybridized carbons (Fsp3) is 0.529. The maximum Gasteiger partial charge on any atom is 0.407 e. The van der Waals surface area contributed by atoms with Crippen LogP contribution in [-0.2, 0) is 16.2 Å². The zero-order valence-corrected chi connectivity index (χ0v) is 28.8. The maximum absolute atomic E-state index is 12.9. The summed E-state index contributed by atoms with van der Waals surface area (Å²) in [4.78, 5) is 43.6. The molecule has 1 aliphatic heterocycles. The molecule has 1 saturated carbocycles. The smallest absolute Gasteiger partial charge is 0.407 e. The first-order chi connectivity index (χ1) is 22.4. The fourth-order valence-corrected chi connectivity index (χ4v) is 6.78. The Bertz CT molecular complexity index is 1650. The highest BCUT2D eigenvalue weighted by Gasteiger charge is 2.38. The molecule has 3 aromatic rings. The van der Waals surface area contributed by atoms with Crippen LogP contribution in [0.25, 0.3) is 10.9 Å². The molecule has 0 unspecified atom stereocenters. The molecule has 1 saturated heterocycles. The number of pyridine rings is 2. The summed E-state index contributed by atoms with van der Waals surface area (Å²) in [7, 11) is 0.0208. The number of methoxy groups -OCH3 is 1. The Morgan fingerprint density at radius 2 is 1.79 bits per heavy atom. The quantitative estimate of drug-likeness (QED) is 0.137. The lowest BCUT2D eigenvalue weighted by atomic mass is 10.1. The van der Waals surface area contributed by atoms with E-state index in [-0.39, 0.29) is 48.7 Å². The lowest BCUT2D eigenvalue weighted by Crippen LogP contribution is -2.38. The van der Waals surface area contributed by atoms with Gasteiger partial charge in [-0.25, -0.2) is 14.6 Å². The van der Waals surface area contributed by atoms with Crippen LogP contribution in [0.4, 0.5) is 4.79 Å². The monoisotopic (exact) mass is 667 g/mol. The number of rotatable bonds is 13. The number of hydrogen-bond acceptors (Lipinski definition) is 9. The molecule has 47 heavy (non-hydrogen) atoms. The van der Waals surface area contributed by atoms with Gasteiger partial charge < -0.3 is 28.8 Å². The second-order valence-corrected chi connectivity index (χ2v) is 19.2. The topological polar surface area (TPSA) is 139 Å². The van der Waals surface area contributed by atoms with Crippen molar-refractivity contribution < 1.29 is 38.4 Å². The largest absolute Gasteiger partial charge is 0.490 e. The van der Waals surface area contributed by atoms with Crippen LogP contribution in [0.5, 0.6) is 17.4 Å². The number of amides is 1. The van der Waals surface area contributed by atoms with Crippen LogP contribution < -0.4 is 19.8 Å². The number of fused-ring (bicyclic) bond motifs is 1. The molecule has 3 heterocycles. The Labute approximate surface area is 275 Å². The van der Waals surface area contributed by atoms with Crippen molar-refractivity contribution in [3.8, 4) is 17.4 Å². The Morgan fingerprint density at radius 3 is 2.49 bits per heavy atom. The fourth-order valence-electron chi connectivity index (χ4n) is 6.03. The van der Waals surface area contributed by atoms with Gasteiger partial charge in [-0.1, -0.05) is 19.6 Å². The van der Waals surface area contributed by atoms with E-state index in [1.54, 1.807) is 35.0 Å². The number of ether oxygens (including phenoxy) is 5. The van der Waals surface area contributed by atoms with Crippen LogP contribution in [0.1, 0.15) is 48.0 Å². The average molecular weight is 668 g/mol. The molecule has 0 spiro atoms. The number of benzene rings is 1. The van der Waals surface area contributed by atoms with Crippen molar-refractivity contribution in [2.24, 2.45) is 0 Å². The van der Waals surface area contributed by atoms with Crippen LogP contribution in [0, 0.1) is 6.92 Å².